The Bertz CT molecular complexity index is 679. The van der Waals surface area contributed by atoms with Crippen LogP contribution in [0.25, 0.3) is 0 Å². The van der Waals surface area contributed by atoms with E-state index in [1.165, 1.54) is 0 Å². The number of rotatable bonds is 6. The van der Waals surface area contributed by atoms with Gasteiger partial charge in [0.2, 0.25) is 5.88 Å². The van der Waals surface area contributed by atoms with Crippen LogP contribution in [0.2, 0.25) is 10.2 Å². The molecule has 25 heavy (non-hydrogen) atoms. The molecule has 3 rings (SSSR count). The summed E-state index contributed by atoms with van der Waals surface area (Å²) < 4.78 is 5.43. The van der Waals surface area contributed by atoms with Gasteiger partial charge in [0.25, 0.3) is 0 Å². The molecule has 1 aromatic carbocycles. The van der Waals surface area contributed by atoms with Crippen molar-refractivity contribution < 1.29 is 9.84 Å². The molecule has 0 saturated carbocycles. The lowest BCUT2D eigenvalue weighted by Crippen LogP contribution is -2.49. The summed E-state index contributed by atoms with van der Waals surface area (Å²) in [7, 11) is 0. The van der Waals surface area contributed by atoms with Gasteiger partial charge in [-0.2, -0.15) is 0 Å². The minimum atomic E-state index is -0.593. The minimum absolute atomic E-state index is 0.168. The Hall–Kier alpha value is -1.60. The smallest absolute Gasteiger partial charge is 0.233 e. The molecule has 0 bridgehead atoms. The normalized spacial score (nSPS) is 16.7. The van der Waals surface area contributed by atoms with Gasteiger partial charge in [0.1, 0.15) is 12.7 Å². The third-order valence-corrected chi connectivity index (χ3v) is 4.59. The summed E-state index contributed by atoms with van der Waals surface area (Å²) in [6.45, 7) is 4.20. The fraction of sp³-hybridized carbons (Fsp3) is 0.412. The van der Waals surface area contributed by atoms with Crippen molar-refractivity contribution in [3.05, 3.63) is 46.6 Å². The lowest BCUT2D eigenvalue weighted by molar-refractivity contribution is 0.0643. The van der Waals surface area contributed by atoms with Crippen LogP contribution in [0, 0.1) is 0 Å². The molecule has 6 nitrogen and oxygen atoms in total. The fourth-order valence-corrected chi connectivity index (χ4v) is 3.15. The van der Waals surface area contributed by atoms with Gasteiger partial charge < -0.3 is 14.7 Å². The van der Waals surface area contributed by atoms with Crippen molar-refractivity contribution >= 4 is 28.9 Å². The first kappa shape index (κ1) is 18.2. The predicted molar refractivity (Wildman–Crippen MR) is 98.6 cm³/mol. The van der Waals surface area contributed by atoms with Gasteiger partial charge in [0.15, 0.2) is 5.15 Å². The van der Waals surface area contributed by atoms with Crippen LogP contribution in [0.5, 0.6) is 5.88 Å². The third-order valence-electron chi connectivity index (χ3n) is 4.07. The molecule has 1 fully saturated rings. The highest BCUT2D eigenvalue weighted by molar-refractivity contribution is 6.33. The number of aromatic nitrogens is 2. The van der Waals surface area contributed by atoms with E-state index in [4.69, 9.17) is 27.9 Å². The Morgan fingerprint density at radius 2 is 1.80 bits per heavy atom. The molecular weight excluding hydrogens is 363 g/mol. The van der Waals surface area contributed by atoms with E-state index in [1.807, 2.05) is 24.3 Å². The highest BCUT2D eigenvalue weighted by Crippen LogP contribution is 2.26. The van der Waals surface area contributed by atoms with Crippen LogP contribution in [-0.2, 0) is 0 Å². The number of hydrogen-bond donors (Lipinski definition) is 1. The SMILES string of the molecule is OC(COc1ccc(Cl)nn1)CN1CCN(c2ccccc2Cl)CC1. The second kappa shape index (κ2) is 8.67. The van der Waals surface area contributed by atoms with Crippen LogP contribution in [0.3, 0.4) is 0 Å². The lowest BCUT2D eigenvalue weighted by Gasteiger charge is -2.37. The molecule has 1 atom stereocenters. The number of piperazine rings is 1. The van der Waals surface area contributed by atoms with E-state index < -0.39 is 6.10 Å². The number of β-amino-alcohol motifs (C(OH)–C–C–N with tert-alkyl or cyclic N) is 1. The van der Waals surface area contributed by atoms with Crippen LogP contribution >= 0.6 is 23.2 Å². The van der Waals surface area contributed by atoms with Gasteiger partial charge in [-0.3, -0.25) is 4.90 Å². The Morgan fingerprint density at radius 1 is 1.04 bits per heavy atom. The average molecular weight is 383 g/mol. The standard InChI is InChI=1S/C17H20Cl2N4O2/c18-14-3-1-2-4-15(14)23-9-7-22(8-10-23)11-13(24)12-25-17-6-5-16(19)20-21-17/h1-6,13,24H,7-12H2. The molecule has 1 aliphatic heterocycles. The van der Waals surface area contributed by atoms with Gasteiger partial charge in [-0.1, -0.05) is 35.3 Å². The van der Waals surface area contributed by atoms with Gasteiger partial charge in [0.05, 0.1) is 10.7 Å². The van der Waals surface area contributed by atoms with E-state index in [1.54, 1.807) is 12.1 Å². The largest absolute Gasteiger partial charge is 0.474 e. The Kier molecular flexibility index (Phi) is 6.31. The van der Waals surface area contributed by atoms with Gasteiger partial charge in [-0.05, 0) is 18.2 Å². The number of aliphatic hydroxyl groups is 1. The molecule has 8 heteroatoms. The zero-order valence-electron chi connectivity index (χ0n) is 13.7. The number of benzene rings is 1. The monoisotopic (exact) mass is 382 g/mol. The van der Waals surface area contributed by atoms with Crippen molar-refractivity contribution in [2.45, 2.75) is 6.10 Å². The number of para-hydroxylation sites is 1. The Labute approximate surface area is 156 Å². The molecule has 1 aliphatic rings. The van der Waals surface area contributed by atoms with Crippen LogP contribution in [0.4, 0.5) is 5.69 Å². The molecular formula is C17H20Cl2N4O2. The summed E-state index contributed by atoms with van der Waals surface area (Å²) in [5.41, 5.74) is 1.06. The fourth-order valence-electron chi connectivity index (χ4n) is 2.79. The molecule has 2 heterocycles. The van der Waals surface area contributed by atoms with Crippen molar-refractivity contribution in [2.75, 3.05) is 44.2 Å². The van der Waals surface area contributed by atoms with E-state index >= 15 is 0 Å². The van der Waals surface area contributed by atoms with Crippen LogP contribution < -0.4 is 9.64 Å². The van der Waals surface area contributed by atoms with Gasteiger partial charge in [0, 0.05) is 38.8 Å². The summed E-state index contributed by atoms with van der Waals surface area (Å²) in [6, 6.07) is 11.1. The van der Waals surface area contributed by atoms with E-state index in [2.05, 4.69) is 20.0 Å². The molecule has 0 aliphatic carbocycles. The number of hydrogen-bond acceptors (Lipinski definition) is 6. The van der Waals surface area contributed by atoms with Crippen molar-refractivity contribution in [2.24, 2.45) is 0 Å². The van der Waals surface area contributed by atoms with Crippen molar-refractivity contribution in [3.8, 4) is 5.88 Å². The third kappa shape index (κ3) is 5.19. The first-order valence-electron chi connectivity index (χ1n) is 8.14. The van der Waals surface area contributed by atoms with Crippen LogP contribution in [0.1, 0.15) is 0 Å². The maximum absolute atomic E-state index is 10.2. The van der Waals surface area contributed by atoms with Gasteiger partial charge in [-0.15, -0.1) is 10.2 Å². The van der Waals surface area contributed by atoms with Crippen molar-refractivity contribution in [3.63, 3.8) is 0 Å². The summed E-state index contributed by atoms with van der Waals surface area (Å²) in [4.78, 5) is 4.49. The molecule has 0 spiro atoms. The summed E-state index contributed by atoms with van der Waals surface area (Å²) in [5, 5.41) is 18.7. The summed E-state index contributed by atoms with van der Waals surface area (Å²) in [6.07, 6.45) is -0.593. The quantitative estimate of drug-likeness (QED) is 0.827. The van der Waals surface area contributed by atoms with Gasteiger partial charge in [-0.25, -0.2) is 0 Å². The second-order valence-corrected chi connectivity index (χ2v) is 6.69. The maximum atomic E-state index is 10.2. The molecule has 1 aromatic heterocycles. The minimum Gasteiger partial charge on any atom is -0.474 e. The number of aliphatic hydroxyl groups excluding tert-OH is 1. The average Bonchev–Trinajstić information content (AvgIpc) is 2.62. The van der Waals surface area contributed by atoms with Crippen molar-refractivity contribution in [1.29, 1.82) is 0 Å². The molecule has 1 unspecified atom stereocenters. The highest BCUT2D eigenvalue weighted by atomic mass is 35.5. The number of anilines is 1. The first-order chi connectivity index (χ1) is 12.1. The predicted octanol–water partition coefficient (Wildman–Crippen LogP) is 2.35. The molecule has 134 valence electrons. The highest BCUT2D eigenvalue weighted by Gasteiger charge is 2.21. The molecule has 0 amide bonds. The summed E-state index contributed by atoms with van der Waals surface area (Å²) >= 11 is 11.9. The zero-order chi connectivity index (χ0) is 17.6. The maximum Gasteiger partial charge on any atom is 0.233 e. The Balaban J connectivity index is 1.42. The van der Waals surface area contributed by atoms with E-state index in [9.17, 15) is 5.11 Å². The number of halogens is 2. The molecule has 2 aromatic rings. The zero-order valence-corrected chi connectivity index (χ0v) is 15.2. The van der Waals surface area contributed by atoms with Crippen LogP contribution in [-0.4, -0.2) is 65.6 Å². The van der Waals surface area contributed by atoms with Crippen molar-refractivity contribution in [1.82, 2.24) is 15.1 Å². The molecule has 0 radical (unpaired) electrons. The van der Waals surface area contributed by atoms with E-state index in [-0.39, 0.29) is 6.61 Å². The topological polar surface area (TPSA) is 61.7 Å². The molecule has 1 saturated heterocycles. The second-order valence-electron chi connectivity index (χ2n) is 5.90. The lowest BCUT2D eigenvalue weighted by atomic mass is 10.2. The number of ether oxygens (including phenoxy) is 1. The Morgan fingerprint density at radius 3 is 2.48 bits per heavy atom. The number of nitrogens with zero attached hydrogens (tertiary/aromatic N) is 4. The van der Waals surface area contributed by atoms with E-state index in [0.29, 0.717) is 17.6 Å². The van der Waals surface area contributed by atoms with E-state index in [0.717, 1.165) is 36.9 Å². The first-order valence-corrected chi connectivity index (χ1v) is 8.89. The molecule has 1 N–H and O–H groups in total. The van der Waals surface area contributed by atoms with Crippen LogP contribution in [0.15, 0.2) is 36.4 Å². The summed E-state index contributed by atoms with van der Waals surface area (Å²) in [5.74, 6) is 0.354. The van der Waals surface area contributed by atoms with Gasteiger partial charge >= 0.3 is 0 Å².